The Labute approximate surface area is 171 Å². The minimum atomic E-state index is -0.237. The molecule has 1 amide bonds. The van der Waals surface area contributed by atoms with Gasteiger partial charge in [-0.25, -0.2) is 0 Å². The van der Waals surface area contributed by atoms with E-state index in [0.29, 0.717) is 17.2 Å². The van der Waals surface area contributed by atoms with Gasteiger partial charge in [0.15, 0.2) is 0 Å². The fourth-order valence-electron chi connectivity index (χ4n) is 3.33. The number of fused-ring (bicyclic) bond motifs is 1. The van der Waals surface area contributed by atoms with E-state index in [0.717, 1.165) is 45.2 Å². The van der Waals surface area contributed by atoms with Crippen LogP contribution < -0.4 is 10.1 Å². The summed E-state index contributed by atoms with van der Waals surface area (Å²) in [6, 6.07) is 7.73. The average Bonchev–Trinajstić information content (AvgIpc) is 3.37. The van der Waals surface area contributed by atoms with Gasteiger partial charge in [0.1, 0.15) is 16.5 Å². The van der Waals surface area contributed by atoms with E-state index < -0.39 is 0 Å². The standard InChI is InChI=1S/C20H22N6O2S/c1-11-9-12(2)26(25-11)8-7-17-23-24-20(29-17)22-19(27)18-13(3)15-10-14(28-4)5-6-16(15)21-18/h5-6,9-10,21H,7-8H2,1-4H3,(H,22,24,27). The Morgan fingerprint density at radius 2 is 2.07 bits per heavy atom. The number of H-pyrrole nitrogens is 1. The third-order valence-electron chi connectivity index (χ3n) is 4.82. The summed E-state index contributed by atoms with van der Waals surface area (Å²) in [7, 11) is 1.62. The number of carbonyl (C=O) groups is 1. The lowest BCUT2D eigenvalue weighted by Crippen LogP contribution is -2.13. The number of aryl methyl sites for hydroxylation is 5. The van der Waals surface area contributed by atoms with Crippen molar-refractivity contribution in [1.82, 2.24) is 25.0 Å². The van der Waals surface area contributed by atoms with Gasteiger partial charge in [-0.05, 0) is 50.6 Å². The predicted octanol–water partition coefficient (Wildman–Crippen LogP) is 3.64. The van der Waals surface area contributed by atoms with Gasteiger partial charge in [0.25, 0.3) is 5.91 Å². The first-order chi connectivity index (χ1) is 13.9. The summed E-state index contributed by atoms with van der Waals surface area (Å²) >= 11 is 1.38. The topological polar surface area (TPSA) is 97.7 Å². The lowest BCUT2D eigenvalue weighted by atomic mass is 10.1. The van der Waals surface area contributed by atoms with Gasteiger partial charge >= 0.3 is 0 Å². The second-order valence-corrected chi connectivity index (χ2v) is 7.95. The van der Waals surface area contributed by atoms with Gasteiger partial charge in [-0.1, -0.05) is 11.3 Å². The van der Waals surface area contributed by atoms with Gasteiger partial charge in [-0.3, -0.25) is 14.8 Å². The smallest absolute Gasteiger partial charge is 0.274 e. The molecule has 0 unspecified atom stereocenters. The normalized spacial score (nSPS) is 11.2. The molecule has 0 atom stereocenters. The van der Waals surface area contributed by atoms with Crippen molar-refractivity contribution in [3.63, 3.8) is 0 Å². The molecule has 0 aliphatic carbocycles. The highest BCUT2D eigenvalue weighted by Gasteiger charge is 2.17. The Hall–Kier alpha value is -3.20. The van der Waals surface area contributed by atoms with Crippen molar-refractivity contribution >= 4 is 33.3 Å². The van der Waals surface area contributed by atoms with Gasteiger partial charge in [-0.2, -0.15) is 5.10 Å². The number of aromatic nitrogens is 5. The number of ether oxygens (including phenoxy) is 1. The number of hydrogen-bond acceptors (Lipinski definition) is 6. The Bertz CT molecular complexity index is 1190. The van der Waals surface area contributed by atoms with E-state index in [1.54, 1.807) is 7.11 Å². The zero-order valence-corrected chi connectivity index (χ0v) is 17.6. The van der Waals surface area contributed by atoms with Crippen LogP contribution in [0.5, 0.6) is 5.75 Å². The molecule has 0 aliphatic rings. The number of anilines is 1. The molecule has 9 heteroatoms. The third kappa shape index (κ3) is 3.86. The predicted molar refractivity (Wildman–Crippen MR) is 113 cm³/mol. The maximum atomic E-state index is 12.7. The molecule has 3 aromatic heterocycles. The van der Waals surface area contributed by atoms with Crippen LogP contribution in [0, 0.1) is 20.8 Å². The van der Waals surface area contributed by atoms with Crippen molar-refractivity contribution in [2.45, 2.75) is 33.7 Å². The van der Waals surface area contributed by atoms with E-state index >= 15 is 0 Å². The van der Waals surface area contributed by atoms with Crippen LogP contribution >= 0.6 is 11.3 Å². The van der Waals surface area contributed by atoms with Gasteiger partial charge in [-0.15, -0.1) is 10.2 Å². The molecule has 3 heterocycles. The lowest BCUT2D eigenvalue weighted by Gasteiger charge is -2.01. The molecular formula is C20H22N6O2S. The molecule has 0 radical (unpaired) electrons. The van der Waals surface area contributed by atoms with Crippen LogP contribution in [-0.4, -0.2) is 38.0 Å². The monoisotopic (exact) mass is 410 g/mol. The van der Waals surface area contributed by atoms with Crippen molar-refractivity contribution in [1.29, 1.82) is 0 Å². The lowest BCUT2D eigenvalue weighted by molar-refractivity contribution is 0.102. The first-order valence-electron chi connectivity index (χ1n) is 9.25. The molecular weight excluding hydrogens is 388 g/mol. The molecule has 1 aromatic carbocycles. The van der Waals surface area contributed by atoms with Gasteiger partial charge in [0, 0.05) is 29.6 Å². The average molecular weight is 411 g/mol. The quantitative estimate of drug-likeness (QED) is 0.506. The third-order valence-corrected chi connectivity index (χ3v) is 5.72. The minimum Gasteiger partial charge on any atom is -0.497 e. The van der Waals surface area contributed by atoms with Gasteiger partial charge < -0.3 is 9.72 Å². The van der Waals surface area contributed by atoms with Crippen LogP contribution in [0.3, 0.4) is 0 Å². The minimum absolute atomic E-state index is 0.237. The largest absolute Gasteiger partial charge is 0.497 e. The summed E-state index contributed by atoms with van der Waals surface area (Å²) in [6.45, 7) is 6.65. The SMILES string of the molecule is COc1ccc2[nH]c(C(=O)Nc3nnc(CCn4nc(C)cc4C)s3)c(C)c2c1. The Kier molecular flexibility index (Phi) is 5.06. The van der Waals surface area contributed by atoms with E-state index in [1.165, 1.54) is 11.3 Å². The molecule has 150 valence electrons. The van der Waals surface area contributed by atoms with Crippen LogP contribution in [0.2, 0.25) is 0 Å². The van der Waals surface area contributed by atoms with Crippen molar-refractivity contribution in [2.24, 2.45) is 0 Å². The van der Waals surface area contributed by atoms with Crippen molar-refractivity contribution < 1.29 is 9.53 Å². The summed E-state index contributed by atoms with van der Waals surface area (Å²) in [5.41, 5.74) is 4.38. The molecule has 0 fully saturated rings. The summed E-state index contributed by atoms with van der Waals surface area (Å²) in [4.78, 5) is 15.9. The van der Waals surface area contributed by atoms with Crippen LogP contribution in [-0.2, 0) is 13.0 Å². The molecule has 4 aromatic rings. The van der Waals surface area contributed by atoms with Crippen LogP contribution in [0.25, 0.3) is 10.9 Å². The molecule has 0 aliphatic heterocycles. The van der Waals surface area contributed by atoms with Crippen molar-refractivity contribution in [2.75, 3.05) is 12.4 Å². The number of rotatable bonds is 6. The Balaban J connectivity index is 1.46. The molecule has 8 nitrogen and oxygen atoms in total. The summed E-state index contributed by atoms with van der Waals surface area (Å²) < 4.78 is 7.23. The van der Waals surface area contributed by atoms with E-state index in [2.05, 4.69) is 25.6 Å². The summed E-state index contributed by atoms with van der Waals surface area (Å²) in [5, 5.41) is 17.9. The number of methoxy groups -OCH3 is 1. The molecule has 2 N–H and O–H groups in total. The van der Waals surface area contributed by atoms with E-state index in [-0.39, 0.29) is 5.91 Å². The number of nitrogens with zero attached hydrogens (tertiary/aromatic N) is 4. The van der Waals surface area contributed by atoms with Crippen molar-refractivity contribution in [3.05, 3.63) is 51.9 Å². The Morgan fingerprint density at radius 1 is 1.24 bits per heavy atom. The van der Waals surface area contributed by atoms with Gasteiger partial charge in [0.05, 0.1) is 12.8 Å². The van der Waals surface area contributed by atoms with E-state index in [1.807, 2.05) is 49.7 Å². The van der Waals surface area contributed by atoms with Crippen molar-refractivity contribution in [3.8, 4) is 5.75 Å². The highest BCUT2D eigenvalue weighted by molar-refractivity contribution is 7.15. The first-order valence-corrected chi connectivity index (χ1v) is 10.1. The maximum Gasteiger partial charge on any atom is 0.274 e. The molecule has 0 saturated heterocycles. The number of aromatic amines is 1. The molecule has 29 heavy (non-hydrogen) atoms. The number of hydrogen-bond donors (Lipinski definition) is 2. The number of benzene rings is 1. The first kappa shape index (κ1) is 19.1. The fourth-order valence-corrected chi connectivity index (χ4v) is 4.05. The van der Waals surface area contributed by atoms with Crippen LogP contribution in [0.15, 0.2) is 24.3 Å². The number of amides is 1. The molecule has 0 spiro atoms. The fraction of sp³-hybridized carbons (Fsp3) is 0.300. The summed E-state index contributed by atoms with van der Waals surface area (Å²) in [5.74, 6) is 0.516. The number of carbonyl (C=O) groups excluding carboxylic acids is 1. The Morgan fingerprint density at radius 3 is 2.79 bits per heavy atom. The van der Waals surface area contributed by atoms with Gasteiger partial charge in [0.2, 0.25) is 5.13 Å². The number of nitrogens with one attached hydrogen (secondary N) is 2. The maximum absolute atomic E-state index is 12.7. The van der Waals surface area contributed by atoms with E-state index in [4.69, 9.17) is 4.74 Å². The zero-order valence-electron chi connectivity index (χ0n) is 16.7. The highest BCUT2D eigenvalue weighted by atomic mass is 32.1. The van der Waals surface area contributed by atoms with E-state index in [9.17, 15) is 4.79 Å². The molecule has 0 saturated carbocycles. The summed E-state index contributed by atoms with van der Waals surface area (Å²) in [6.07, 6.45) is 0.709. The second kappa shape index (κ2) is 7.67. The molecule has 0 bridgehead atoms. The van der Waals surface area contributed by atoms with Crippen LogP contribution in [0.1, 0.15) is 32.4 Å². The van der Waals surface area contributed by atoms with Crippen LogP contribution in [0.4, 0.5) is 5.13 Å². The highest BCUT2D eigenvalue weighted by Crippen LogP contribution is 2.27. The second-order valence-electron chi connectivity index (χ2n) is 6.89. The molecule has 4 rings (SSSR count). The zero-order chi connectivity index (χ0) is 20.5.